The van der Waals surface area contributed by atoms with Gasteiger partial charge in [-0.3, -0.25) is 0 Å². The van der Waals surface area contributed by atoms with Gasteiger partial charge in [-0.2, -0.15) is 0 Å². The van der Waals surface area contributed by atoms with Gasteiger partial charge in [0.25, 0.3) is 0 Å². The Labute approximate surface area is 65.4 Å². The normalized spacial score (nSPS) is 14.6. The number of methoxy groups -OCH3 is 1. The summed E-state index contributed by atoms with van der Waals surface area (Å²) < 4.78 is 5.00. The molecule has 58 valence electrons. The number of hydrogen-bond acceptors (Lipinski definition) is 3. The predicted octanol–water partition coefficient (Wildman–Crippen LogP) is 0.693. The highest BCUT2D eigenvalue weighted by Gasteiger charge is 2.10. The highest BCUT2D eigenvalue weighted by atomic mass is 16.5. The van der Waals surface area contributed by atoms with Crippen LogP contribution in [0.5, 0.6) is 5.88 Å². The van der Waals surface area contributed by atoms with E-state index in [2.05, 4.69) is 10.3 Å². The number of pyridine rings is 1. The standard InChI is InChI=1S/C8H10N2O/c1-11-8-2-6-3-9-4-7(6)5-10-8/h2,5,9H,3-4H2,1H3. The minimum atomic E-state index is 0.701. The molecule has 0 fully saturated rings. The van der Waals surface area contributed by atoms with Gasteiger partial charge in [0.2, 0.25) is 5.88 Å². The predicted molar refractivity (Wildman–Crippen MR) is 41.3 cm³/mol. The molecule has 0 radical (unpaired) electrons. The number of hydrogen-bond donors (Lipinski definition) is 1. The topological polar surface area (TPSA) is 34.1 Å². The third-order valence-corrected chi connectivity index (χ3v) is 1.90. The molecule has 0 saturated heterocycles. The maximum atomic E-state index is 5.00. The van der Waals surface area contributed by atoms with Crippen LogP contribution in [0.15, 0.2) is 12.3 Å². The van der Waals surface area contributed by atoms with Crippen LogP contribution in [-0.2, 0) is 13.1 Å². The fourth-order valence-corrected chi connectivity index (χ4v) is 1.27. The van der Waals surface area contributed by atoms with E-state index in [0.717, 1.165) is 13.1 Å². The lowest BCUT2D eigenvalue weighted by atomic mass is 10.2. The largest absolute Gasteiger partial charge is 0.481 e. The van der Waals surface area contributed by atoms with E-state index in [1.54, 1.807) is 7.11 Å². The Kier molecular flexibility index (Phi) is 1.51. The number of nitrogens with zero attached hydrogens (tertiary/aromatic N) is 1. The number of rotatable bonds is 1. The smallest absolute Gasteiger partial charge is 0.213 e. The summed E-state index contributed by atoms with van der Waals surface area (Å²) >= 11 is 0. The molecular weight excluding hydrogens is 140 g/mol. The van der Waals surface area contributed by atoms with Crippen molar-refractivity contribution in [3.05, 3.63) is 23.4 Å². The summed E-state index contributed by atoms with van der Waals surface area (Å²) in [6.45, 7) is 1.88. The van der Waals surface area contributed by atoms with E-state index < -0.39 is 0 Å². The van der Waals surface area contributed by atoms with E-state index in [-0.39, 0.29) is 0 Å². The molecule has 0 aliphatic carbocycles. The van der Waals surface area contributed by atoms with E-state index in [1.807, 2.05) is 12.3 Å². The second kappa shape index (κ2) is 2.51. The second-order valence-corrected chi connectivity index (χ2v) is 2.60. The van der Waals surface area contributed by atoms with Crippen LogP contribution in [-0.4, -0.2) is 12.1 Å². The molecule has 11 heavy (non-hydrogen) atoms. The Morgan fingerprint density at radius 1 is 1.45 bits per heavy atom. The maximum absolute atomic E-state index is 5.00. The summed E-state index contributed by atoms with van der Waals surface area (Å²) in [5.74, 6) is 0.701. The molecule has 0 amide bonds. The van der Waals surface area contributed by atoms with E-state index >= 15 is 0 Å². The van der Waals surface area contributed by atoms with Crippen LogP contribution < -0.4 is 10.1 Å². The van der Waals surface area contributed by atoms with Crippen LogP contribution in [0.25, 0.3) is 0 Å². The third-order valence-electron chi connectivity index (χ3n) is 1.90. The number of ether oxygens (including phenoxy) is 1. The van der Waals surface area contributed by atoms with Crippen molar-refractivity contribution in [1.29, 1.82) is 0 Å². The van der Waals surface area contributed by atoms with E-state index in [4.69, 9.17) is 4.74 Å². The molecule has 1 aliphatic heterocycles. The van der Waals surface area contributed by atoms with Crippen LogP contribution in [0, 0.1) is 0 Å². The van der Waals surface area contributed by atoms with Crippen LogP contribution >= 0.6 is 0 Å². The average Bonchev–Trinajstić information content (AvgIpc) is 2.50. The molecule has 0 aromatic carbocycles. The van der Waals surface area contributed by atoms with Gasteiger partial charge in [-0.1, -0.05) is 0 Å². The van der Waals surface area contributed by atoms with Gasteiger partial charge in [-0.15, -0.1) is 0 Å². The minimum Gasteiger partial charge on any atom is -0.481 e. The van der Waals surface area contributed by atoms with Crippen molar-refractivity contribution < 1.29 is 4.74 Å². The molecule has 1 aliphatic rings. The lowest BCUT2D eigenvalue weighted by molar-refractivity contribution is 0.397. The number of fused-ring (bicyclic) bond motifs is 1. The van der Waals surface area contributed by atoms with Crippen molar-refractivity contribution in [3.63, 3.8) is 0 Å². The highest BCUT2D eigenvalue weighted by molar-refractivity contribution is 5.31. The van der Waals surface area contributed by atoms with Crippen molar-refractivity contribution in [2.45, 2.75) is 13.1 Å². The van der Waals surface area contributed by atoms with Gasteiger partial charge >= 0.3 is 0 Å². The number of aromatic nitrogens is 1. The Morgan fingerprint density at radius 2 is 2.27 bits per heavy atom. The van der Waals surface area contributed by atoms with Crippen LogP contribution in [0.4, 0.5) is 0 Å². The molecule has 1 aromatic rings. The molecular formula is C8H10N2O. The van der Waals surface area contributed by atoms with Gasteiger partial charge in [0, 0.05) is 25.4 Å². The molecule has 0 bridgehead atoms. The van der Waals surface area contributed by atoms with Gasteiger partial charge in [0.15, 0.2) is 0 Å². The summed E-state index contributed by atoms with van der Waals surface area (Å²) in [6, 6.07) is 1.98. The van der Waals surface area contributed by atoms with Crippen LogP contribution in [0.1, 0.15) is 11.1 Å². The first-order valence-electron chi connectivity index (χ1n) is 3.62. The third kappa shape index (κ3) is 1.07. The van der Waals surface area contributed by atoms with E-state index in [9.17, 15) is 0 Å². The Balaban J connectivity index is 2.41. The first-order chi connectivity index (χ1) is 5.40. The van der Waals surface area contributed by atoms with Gasteiger partial charge in [0.1, 0.15) is 0 Å². The molecule has 2 rings (SSSR count). The minimum absolute atomic E-state index is 0.701. The molecule has 0 saturated carbocycles. The molecule has 1 aromatic heterocycles. The van der Waals surface area contributed by atoms with Crippen molar-refractivity contribution in [3.8, 4) is 5.88 Å². The first-order valence-corrected chi connectivity index (χ1v) is 3.62. The summed E-state index contributed by atoms with van der Waals surface area (Å²) in [7, 11) is 1.64. The van der Waals surface area contributed by atoms with E-state index in [0.29, 0.717) is 5.88 Å². The summed E-state index contributed by atoms with van der Waals surface area (Å²) in [5.41, 5.74) is 2.59. The summed E-state index contributed by atoms with van der Waals surface area (Å²) in [6.07, 6.45) is 1.87. The Morgan fingerprint density at radius 3 is 3.09 bits per heavy atom. The molecule has 3 nitrogen and oxygen atoms in total. The molecule has 0 unspecified atom stereocenters. The molecule has 0 atom stereocenters. The van der Waals surface area contributed by atoms with Crippen molar-refractivity contribution >= 4 is 0 Å². The van der Waals surface area contributed by atoms with Crippen molar-refractivity contribution in [2.75, 3.05) is 7.11 Å². The second-order valence-electron chi connectivity index (χ2n) is 2.60. The average molecular weight is 150 g/mol. The van der Waals surface area contributed by atoms with Gasteiger partial charge < -0.3 is 10.1 Å². The lowest BCUT2D eigenvalue weighted by Gasteiger charge is -2.00. The fraction of sp³-hybridized carbons (Fsp3) is 0.375. The first kappa shape index (κ1) is 6.61. The zero-order valence-electron chi connectivity index (χ0n) is 6.42. The molecule has 3 heteroatoms. The zero-order chi connectivity index (χ0) is 7.68. The van der Waals surface area contributed by atoms with Gasteiger partial charge in [0.05, 0.1) is 7.11 Å². The van der Waals surface area contributed by atoms with Gasteiger partial charge in [-0.05, 0) is 11.1 Å². The fourth-order valence-electron chi connectivity index (χ4n) is 1.27. The maximum Gasteiger partial charge on any atom is 0.213 e. The van der Waals surface area contributed by atoms with Gasteiger partial charge in [-0.25, -0.2) is 4.98 Å². The van der Waals surface area contributed by atoms with E-state index in [1.165, 1.54) is 11.1 Å². The monoisotopic (exact) mass is 150 g/mol. The molecule has 2 heterocycles. The Bertz CT molecular complexity index is 273. The van der Waals surface area contributed by atoms with Crippen molar-refractivity contribution in [2.24, 2.45) is 0 Å². The molecule has 0 spiro atoms. The zero-order valence-corrected chi connectivity index (χ0v) is 6.42. The quantitative estimate of drug-likeness (QED) is 0.639. The summed E-state index contributed by atoms with van der Waals surface area (Å²) in [4.78, 5) is 4.11. The number of nitrogens with one attached hydrogen (secondary N) is 1. The summed E-state index contributed by atoms with van der Waals surface area (Å²) in [5, 5.41) is 3.24. The van der Waals surface area contributed by atoms with Crippen molar-refractivity contribution in [1.82, 2.24) is 10.3 Å². The van der Waals surface area contributed by atoms with Crippen LogP contribution in [0.2, 0.25) is 0 Å². The SMILES string of the molecule is COc1cc2c(cn1)CNC2. The Hall–Kier alpha value is -1.09. The van der Waals surface area contributed by atoms with Crippen LogP contribution in [0.3, 0.4) is 0 Å². The lowest BCUT2D eigenvalue weighted by Crippen LogP contribution is -1.99. The molecule has 1 N–H and O–H groups in total. The highest BCUT2D eigenvalue weighted by Crippen LogP contribution is 2.17.